The minimum Gasteiger partial charge on any atom is -0.469 e. The smallest absolute Gasteiger partial charge is 0.330 e. The zero-order valence-electron chi connectivity index (χ0n) is 15.8. The monoisotopic (exact) mass is 364 g/mol. The first-order valence-electron chi connectivity index (χ1n) is 8.47. The van der Waals surface area contributed by atoms with Gasteiger partial charge >= 0.3 is 11.9 Å². The van der Waals surface area contributed by atoms with Gasteiger partial charge in [0.2, 0.25) is 0 Å². The Labute approximate surface area is 155 Å². The number of thioether (sulfide) groups is 1. The molecule has 0 heterocycles. The highest BCUT2D eigenvalue weighted by Crippen LogP contribution is 2.27. The maximum Gasteiger partial charge on any atom is 0.330 e. The number of aryl methyl sites for hydroxylation is 3. The van der Waals surface area contributed by atoms with E-state index in [4.69, 9.17) is 9.47 Å². The molecule has 0 aliphatic heterocycles. The summed E-state index contributed by atoms with van der Waals surface area (Å²) in [5, 5.41) is 0.0450. The van der Waals surface area contributed by atoms with Gasteiger partial charge in [-0.05, 0) is 50.8 Å². The highest BCUT2D eigenvalue weighted by Gasteiger charge is 2.12. The predicted molar refractivity (Wildman–Crippen MR) is 103 cm³/mol. The van der Waals surface area contributed by atoms with Crippen LogP contribution < -0.4 is 0 Å². The van der Waals surface area contributed by atoms with Crippen molar-refractivity contribution in [3.63, 3.8) is 0 Å². The third-order valence-corrected chi connectivity index (χ3v) is 5.15. The average molecular weight is 365 g/mol. The molecule has 0 aliphatic carbocycles. The summed E-state index contributed by atoms with van der Waals surface area (Å²) in [4.78, 5) is 23.0. The van der Waals surface area contributed by atoms with Crippen LogP contribution in [-0.4, -0.2) is 30.9 Å². The van der Waals surface area contributed by atoms with Gasteiger partial charge in [-0.3, -0.25) is 4.79 Å². The van der Waals surface area contributed by atoms with Gasteiger partial charge in [-0.25, -0.2) is 4.79 Å². The molecule has 1 aromatic carbocycles. The molecule has 0 saturated heterocycles. The number of hydrogen-bond donors (Lipinski definition) is 0. The lowest BCUT2D eigenvalue weighted by Crippen LogP contribution is -2.08. The number of carbonyl (C=O) groups excluding carboxylic acids is 2. The van der Waals surface area contributed by atoms with Crippen LogP contribution in [0, 0.1) is 20.8 Å². The Bertz CT molecular complexity index is 599. The highest BCUT2D eigenvalue weighted by molar-refractivity contribution is 7.99. The largest absolute Gasteiger partial charge is 0.469 e. The second kappa shape index (κ2) is 11.0. The van der Waals surface area contributed by atoms with E-state index in [9.17, 15) is 9.59 Å². The fourth-order valence-corrected chi connectivity index (χ4v) is 3.91. The van der Waals surface area contributed by atoms with E-state index in [0.717, 1.165) is 5.75 Å². The van der Waals surface area contributed by atoms with Gasteiger partial charge in [-0.2, -0.15) is 0 Å². The lowest BCUT2D eigenvalue weighted by Gasteiger charge is -2.15. The van der Waals surface area contributed by atoms with Crippen molar-refractivity contribution in [3.8, 4) is 0 Å². The van der Waals surface area contributed by atoms with Gasteiger partial charge < -0.3 is 9.47 Å². The van der Waals surface area contributed by atoms with Gasteiger partial charge in [-0.1, -0.05) is 23.8 Å². The average Bonchev–Trinajstić information content (AvgIpc) is 2.55. The summed E-state index contributed by atoms with van der Waals surface area (Å²) >= 11 is 1.72. The minimum atomic E-state index is -0.353. The summed E-state index contributed by atoms with van der Waals surface area (Å²) in [5.41, 5.74) is 5.11. The fourth-order valence-electron chi connectivity index (χ4n) is 2.60. The molecule has 0 aliphatic rings. The summed E-state index contributed by atoms with van der Waals surface area (Å²) in [6, 6.07) is 4.36. The van der Waals surface area contributed by atoms with Crippen molar-refractivity contribution in [2.75, 3.05) is 13.7 Å². The molecule has 0 fully saturated rings. The van der Waals surface area contributed by atoms with Gasteiger partial charge in [0, 0.05) is 23.5 Å². The number of rotatable bonds is 9. The normalized spacial score (nSPS) is 12.2. The molecule has 0 amide bonds. The van der Waals surface area contributed by atoms with Crippen molar-refractivity contribution in [2.24, 2.45) is 0 Å². The third-order valence-electron chi connectivity index (χ3n) is 3.88. The second-order valence-electron chi connectivity index (χ2n) is 5.95. The molecule has 0 bridgehead atoms. The van der Waals surface area contributed by atoms with Crippen molar-refractivity contribution in [2.45, 2.75) is 51.5 Å². The molecule has 5 heteroatoms. The summed E-state index contributed by atoms with van der Waals surface area (Å²) in [6.07, 6.45) is 4.22. The number of esters is 2. The van der Waals surface area contributed by atoms with Gasteiger partial charge in [0.15, 0.2) is 0 Å². The Morgan fingerprint density at radius 3 is 2.40 bits per heavy atom. The first-order valence-corrected chi connectivity index (χ1v) is 9.52. The number of carbonyl (C=O) groups is 2. The lowest BCUT2D eigenvalue weighted by atomic mass is 10.0. The molecule has 1 aromatic rings. The number of methoxy groups -OCH3 is 1. The minimum absolute atomic E-state index is 0.0450. The van der Waals surface area contributed by atoms with E-state index in [-0.39, 0.29) is 17.2 Å². The molecule has 0 N–H and O–H groups in total. The van der Waals surface area contributed by atoms with Crippen molar-refractivity contribution in [3.05, 3.63) is 46.5 Å². The van der Waals surface area contributed by atoms with Crippen molar-refractivity contribution in [1.82, 2.24) is 0 Å². The summed E-state index contributed by atoms with van der Waals surface area (Å²) in [5.74, 6) is 0.239. The molecule has 0 aromatic heterocycles. The Balaban J connectivity index is 2.78. The topological polar surface area (TPSA) is 52.6 Å². The van der Waals surface area contributed by atoms with Crippen molar-refractivity contribution < 1.29 is 19.1 Å². The lowest BCUT2D eigenvalue weighted by molar-refractivity contribution is -0.140. The van der Waals surface area contributed by atoms with Crippen LogP contribution in [0.3, 0.4) is 0 Å². The molecule has 1 atom stereocenters. The molecule has 0 radical (unpaired) electrons. The maximum atomic E-state index is 11.6. The van der Waals surface area contributed by atoms with Crippen LogP contribution in [0.25, 0.3) is 0 Å². The van der Waals surface area contributed by atoms with Gasteiger partial charge in [0.05, 0.1) is 13.7 Å². The van der Waals surface area contributed by atoms with E-state index in [1.54, 1.807) is 18.7 Å². The van der Waals surface area contributed by atoms with Crippen LogP contribution >= 0.6 is 11.8 Å². The van der Waals surface area contributed by atoms with Crippen LogP contribution in [0.2, 0.25) is 0 Å². The van der Waals surface area contributed by atoms with Gasteiger partial charge in [0.1, 0.15) is 0 Å². The molecule has 4 nitrogen and oxygen atoms in total. The van der Waals surface area contributed by atoms with E-state index in [2.05, 4.69) is 32.9 Å². The fraction of sp³-hybridized carbons (Fsp3) is 0.500. The summed E-state index contributed by atoms with van der Waals surface area (Å²) < 4.78 is 9.64. The summed E-state index contributed by atoms with van der Waals surface area (Å²) in [7, 11) is 1.39. The van der Waals surface area contributed by atoms with E-state index >= 15 is 0 Å². The Kier molecular flexibility index (Phi) is 9.35. The molecule has 138 valence electrons. The van der Waals surface area contributed by atoms with E-state index in [1.807, 2.05) is 6.08 Å². The zero-order chi connectivity index (χ0) is 18.8. The molecule has 0 spiro atoms. The number of ether oxygens (including phenoxy) is 2. The first-order chi connectivity index (χ1) is 11.9. The van der Waals surface area contributed by atoms with Crippen LogP contribution in [0.15, 0.2) is 24.3 Å². The van der Waals surface area contributed by atoms with Gasteiger partial charge in [0.25, 0.3) is 0 Å². The standard InChI is InChI=1S/C20H28O4S/c1-6-24-20(22)10-8-17(7-9-19(21)23-5)25-13-18-15(3)11-14(2)12-16(18)4/h8,10-12,17H,6-7,9,13H2,1-5H3/b10-8+/t17-/m0/s1. The van der Waals surface area contributed by atoms with Gasteiger partial charge in [-0.15, -0.1) is 11.8 Å². The zero-order valence-corrected chi connectivity index (χ0v) is 16.6. The summed E-state index contributed by atoms with van der Waals surface area (Å²) in [6.45, 7) is 8.46. The Morgan fingerprint density at radius 1 is 1.20 bits per heavy atom. The van der Waals surface area contributed by atoms with Crippen LogP contribution in [0.4, 0.5) is 0 Å². The number of benzene rings is 1. The van der Waals surface area contributed by atoms with Crippen molar-refractivity contribution in [1.29, 1.82) is 0 Å². The molecule has 0 unspecified atom stereocenters. The van der Waals surface area contributed by atoms with Crippen LogP contribution in [0.1, 0.15) is 42.0 Å². The van der Waals surface area contributed by atoms with Crippen LogP contribution in [0.5, 0.6) is 0 Å². The molecule has 0 saturated carbocycles. The SMILES string of the molecule is CCOC(=O)/C=C/[C@H](CCC(=O)OC)SCc1c(C)cc(C)cc1C. The highest BCUT2D eigenvalue weighted by atomic mass is 32.2. The molecular weight excluding hydrogens is 336 g/mol. The quantitative estimate of drug-likeness (QED) is 0.483. The van der Waals surface area contributed by atoms with E-state index < -0.39 is 0 Å². The van der Waals surface area contributed by atoms with Crippen LogP contribution in [-0.2, 0) is 24.8 Å². The molecule has 1 rings (SSSR count). The predicted octanol–water partition coefficient (Wildman–Crippen LogP) is 4.29. The van der Waals surface area contributed by atoms with E-state index in [1.165, 1.54) is 35.4 Å². The second-order valence-corrected chi connectivity index (χ2v) is 7.18. The Hall–Kier alpha value is -1.75. The van der Waals surface area contributed by atoms with E-state index in [0.29, 0.717) is 19.4 Å². The van der Waals surface area contributed by atoms with Crippen molar-refractivity contribution >= 4 is 23.7 Å². The maximum absolute atomic E-state index is 11.6. The Morgan fingerprint density at radius 2 is 1.84 bits per heavy atom. The molecule has 25 heavy (non-hydrogen) atoms. The third kappa shape index (κ3) is 7.78. The first kappa shape index (κ1) is 21.3. The molecular formula is C20H28O4S. The number of hydrogen-bond acceptors (Lipinski definition) is 5.